The maximum atomic E-state index is 11.6. The van der Waals surface area contributed by atoms with Gasteiger partial charge in [-0.2, -0.15) is 5.10 Å². The Labute approximate surface area is 144 Å². The SMILES string of the molecule is CC1(C)Oc2ccc3ccc(=O)oc3c2C/C1=N\Nc1ccccc1. The van der Waals surface area contributed by atoms with Gasteiger partial charge in [-0.25, -0.2) is 4.79 Å². The average Bonchev–Trinajstić information content (AvgIpc) is 2.60. The molecule has 0 saturated carbocycles. The molecule has 5 heteroatoms. The molecule has 1 N–H and O–H groups in total. The minimum absolute atomic E-state index is 0.369. The van der Waals surface area contributed by atoms with E-state index in [0.717, 1.165) is 28.1 Å². The van der Waals surface area contributed by atoms with Crippen molar-refractivity contribution in [2.75, 3.05) is 5.43 Å². The highest BCUT2D eigenvalue weighted by Crippen LogP contribution is 2.36. The summed E-state index contributed by atoms with van der Waals surface area (Å²) < 4.78 is 11.6. The lowest BCUT2D eigenvalue weighted by molar-refractivity contribution is 0.171. The van der Waals surface area contributed by atoms with Crippen molar-refractivity contribution in [2.45, 2.75) is 25.9 Å². The van der Waals surface area contributed by atoms with Crippen molar-refractivity contribution in [3.05, 3.63) is 70.6 Å². The van der Waals surface area contributed by atoms with Gasteiger partial charge in [-0.3, -0.25) is 5.43 Å². The standard InChI is InChI=1S/C20H18N2O3/c1-20(2)17(22-21-14-6-4-3-5-7-14)12-15-16(25-20)10-8-13-9-11-18(23)24-19(13)15/h3-11,21H,12H2,1-2H3/b22-17+. The number of hydrazone groups is 1. The van der Waals surface area contributed by atoms with Gasteiger partial charge in [0.15, 0.2) is 0 Å². The Bertz CT molecular complexity index is 1020. The van der Waals surface area contributed by atoms with Crippen LogP contribution in [0.15, 0.2) is 68.9 Å². The van der Waals surface area contributed by atoms with Gasteiger partial charge in [0.2, 0.25) is 0 Å². The monoisotopic (exact) mass is 334 g/mol. The molecule has 25 heavy (non-hydrogen) atoms. The van der Waals surface area contributed by atoms with Gasteiger partial charge in [0, 0.05) is 23.4 Å². The van der Waals surface area contributed by atoms with E-state index in [1.807, 2.05) is 56.3 Å². The van der Waals surface area contributed by atoms with Crippen molar-refractivity contribution < 1.29 is 9.15 Å². The van der Waals surface area contributed by atoms with Gasteiger partial charge in [0.25, 0.3) is 0 Å². The first-order chi connectivity index (χ1) is 12.0. The molecule has 2 aromatic carbocycles. The van der Waals surface area contributed by atoms with Crippen LogP contribution in [0.25, 0.3) is 11.0 Å². The zero-order valence-electron chi connectivity index (χ0n) is 14.1. The van der Waals surface area contributed by atoms with E-state index in [0.29, 0.717) is 12.0 Å². The minimum Gasteiger partial charge on any atom is -0.481 e. The zero-order chi connectivity index (χ0) is 17.4. The summed E-state index contributed by atoms with van der Waals surface area (Å²) in [5, 5.41) is 5.43. The smallest absolute Gasteiger partial charge is 0.336 e. The molecular formula is C20H18N2O3. The van der Waals surface area contributed by atoms with Gasteiger partial charge in [-0.1, -0.05) is 18.2 Å². The van der Waals surface area contributed by atoms with Gasteiger partial charge in [0.05, 0.1) is 11.4 Å². The zero-order valence-corrected chi connectivity index (χ0v) is 14.1. The topological polar surface area (TPSA) is 63.8 Å². The van der Waals surface area contributed by atoms with Crippen molar-refractivity contribution in [1.29, 1.82) is 0 Å². The third kappa shape index (κ3) is 2.89. The van der Waals surface area contributed by atoms with Crippen LogP contribution >= 0.6 is 0 Å². The van der Waals surface area contributed by atoms with Crippen molar-refractivity contribution in [1.82, 2.24) is 0 Å². The van der Waals surface area contributed by atoms with Crippen LogP contribution in [-0.2, 0) is 6.42 Å². The highest BCUT2D eigenvalue weighted by atomic mass is 16.5. The largest absolute Gasteiger partial charge is 0.481 e. The van der Waals surface area contributed by atoms with Crippen LogP contribution in [0.3, 0.4) is 0 Å². The second-order valence-electron chi connectivity index (χ2n) is 6.54. The van der Waals surface area contributed by atoms with Crippen molar-refractivity contribution in [2.24, 2.45) is 5.10 Å². The third-order valence-electron chi connectivity index (χ3n) is 4.35. The molecule has 5 nitrogen and oxygen atoms in total. The van der Waals surface area contributed by atoms with Crippen LogP contribution in [0.2, 0.25) is 0 Å². The summed E-state index contributed by atoms with van der Waals surface area (Å²) in [7, 11) is 0. The molecule has 0 atom stereocenters. The normalized spacial score (nSPS) is 17.1. The van der Waals surface area contributed by atoms with Gasteiger partial charge in [-0.05, 0) is 44.2 Å². The Kier molecular flexibility index (Phi) is 3.57. The highest BCUT2D eigenvalue weighted by molar-refractivity contribution is 5.99. The number of ether oxygens (including phenoxy) is 1. The lowest BCUT2D eigenvalue weighted by atomic mass is 9.91. The molecule has 0 amide bonds. The van der Waals surface area contributed by atoms with Gasteiger partial charge in [-0.15, -0.1) is 0 Å². The summed E-state index contributed by atoms with van der Waals surface area (Å²) in [6.07, 6.45) is 0.548. The van der Waals surface area contributed by atoms with E-state index in [2.05, 4.69) is 10.5 Å². The number of benzene rings is 2. The number of hydrogen-bond donors (Lipinski definition) is 1. The molecule has 0 aliphatic carbocycles. The molecule has 0 spiro atoms. The lowest BCUT2D eigenvalue weighted by Crippen LogP contribution is -2.43. The predicted octanol–water partition coefficient (Wildman–Crippen LogP) is 3.97. The van der Waals surface area contributed by atoms with Crippen LogP contribution < -0.4 is 15.8 Å². The van der Waals surface area contributed by atoms with Gasteiger partial charge < -0.3 is 9.15 Å². The third-order valence-corrected chi connectivity index (χ3v) is 4.35. The summed E-state index contributed by atoms with van der Waals surface area (Å²) in [6, 6.07) is 16.8. The minimum atomic E-state index is -0.558. The maximum absolute atomic E-state index is 11.6. The van der Waals surface area contributed by atoms with Gasteiger partial charge in [0.1, 0.15) is 16.9 Å². The number of hydrogen-bond acceptors (Lipinski definition) is 5. The van der Waals surface area contributed by atoms with E-state index < -0.39 is 5.60 Å². The van der Waals surface area contributed by atoms with E-state index in [9.17, 15) is 4.79 Å². The molecule has 0 unspecified atom stereocenters. The summed E-state index contributed by atoms with van der Waals surface area (Å²) in [5.41, 5.74) is 5.30. The number of rotatable bonds is 2. The molecule has 3 aromatic rings. The Morgan fingerprint density at radius 3 is 2.60 bits per heavy atom. The number of fused-ring (bicyclic) bond motifs is 3. The van der Waals surface area contributed by atoms with Crippen LogP contribution in [0.4, 0.5) is 5.69 Å². The predicted molar refractivity (Wildman–Crippen MR) is 98.4 cm³/mol. The quantitative estimate of drug-likeness (QED) is 0.569. The molecule has 4 rings (SSSR count). The molecule has 1 aliphatic heterocycles. The fourth-order valence-electron chi connectivity index (χ4n) is 2.97. The number of nitrogens with one attached hydrogen (secondary N) is 1. The second-order valence-corrected chi connectivity index (χ2v) is 6.54. The lowest BCUT2D eigenvalue weighted by Gasteiger charge is -2.34. The number of para-hydroxylation sites is 1. The van der Waals surface area contributed by atoms with Crippen LogP contribution in [-0.4, -0.2) is 11.3 Å². The van der Waals surface area contributed by atoms with Crippen LogP contribution in [0, 0.1) is 0 Å². The maximum Gasteiger partial charge on any atom is 0.336 e. The fourth-order valence-corrected chi connectivity index (χ4v) is 2.97. The van der Waals surface area contributed by atoms with Crippen LogP contribution in [0.1, 0.15) is 19.4 Å². The Morgan fingerprint density at radius 2 is 1.80 bits per heavy atom. The summed E-state index contributed by atoms with van der Waals surface area (Å²) in [6.45, 7) is 3.96. The second kappa shape index (κ2) is 5.77. The fraction of sp³-hybridized carbons (Fsp3) is 0.200. The Morgan fingerprint density at radius 1 is 1.04 bits per heavy atom. The molecule has 0 radical (unpaired) electrons. The molecule has 0 bridgehead atoms. The van der Waals surface area contributed by atoms with Crippen molar-refractivity contribution in [3.63, 3.8) is 0 Å². The summed E-state index contributed by atoms with van der Waals surface area (Å²) in [5.74, 6) is 0.727. The van der Waals surface area contributed by atoms with E-state index >= 15 is 0 Å². The molecule has 1 aliphatic rings. The van der Waals surface area contributed by atoms with Gasteiger partial charge >= 0.3 is 5.63 Å². The van der Waals surface area contributed by atoms with E-state index in [1.165, 1.54) is 6.07 Å². The molecule has 0 fully saturated rings. The van der Waals surface area contributed by atoms with E-state index in [1.54, 1.807) is 6.07 Å². The molecular weight excluding hydrogens is 316 g/mol. The first kappa shape index (κ1) is 15.4. The molecule has 1 aromatic heterocycles. The van der Waals surface area contributed by atoms with Crippen LogP contribution in [0.5, 0.6) is 5.75 Å². The molecule has 126 valence electrons. The highest BCUT2D eigenvalue weighted by Gasteiger charge is 2.35. The van der Waals surface area contributed by atoms with Crippen molar-refractivity contribution in [3.8, 4) is 5.75 Å². The number of nitrogens with zero attached hydrogens (tertiary/aromatic N) is 1. The number of anilines is 1. The summed E-state index contributed by atoms with van der Waals surface area (Å²) >= 11 is 0. The average molecular weight is 334 g/mol. The summed E-state index contributed by atoms with van der Waals surface area (Å²) in [4.78, 5) is 11.6. The molecule has 2 heterocycles. The van der Waals surface area contributed by atoms with E-state index in [-0.39, 0.29) is 5.63 Å². The first-order valence-corrected chi connectivity index (χ1v) is 8.16. The Hall–Kier alpha value is -3.08. The Balaban J connectivity index is 1.77. The van der Waals surface area contributed by atoms with E-state index in [4.69, 9.17) is 9.15 Å². The molecule has 0 saturated heterocycles. The first-order valence-electron chi connectivity index (χ1n) is 8.16. The van der Waals surface area contributed by atoms with Crippen molar-refractivity contribution >= 4 is 22.4 Å².